The van der Waals surface area contributed by atoms with E-state index in [1.54, 1.807) is 21.8 Å². The fourth-order valence-corrected chi connectivity index (χ4v) is 3.40. The molecule has 0 saturated carbocycles. The van der Waals surface area contributed by atoms with Crippen molar-refractivity contribution < 1.29 is 14.4 Å². The van der Waals surface area contributed by atoms with Crippen LogP contribution in [-0.2, 0) is 29.3 Å². The average Bonchev–Trinajstić information content (AvgIpc) is 3.39. The van der Waals surface area contributed by atoms with E-state index in [-0.39, 0.29) is 17.7 Å². The number of carbonyl (C=O) groups excluding carboxylic acids is 2. The van der Waals surface area contributed by atoms with E-state index >= 15 is 0 Å². The van der Waals surface area contributed by atoms with Crippen LogP contribution in [0.4, 0.5) is 0 Å². The molecule has 4 rings (SSSR count). The summed E-state index contributed by atoms with van der Waals surface area (Å²) in [5, 5.41) is 11.3. The van der Waals surface area contributed by atoms with Gasteiger partial charge in [-0.3, -0.25) is 19.3 Å². The van der Waals surface area contributed by atoms with Gasteiger partial charge in [-0.25, -0.2) is 0 Å². The molecule has 1 N–H and O–H groups in total. The van der Waals surface area contributed by atoms with Gasteiger partial charge in [0.05, 0.1) is 36.7 Å². The summed E-state index contributed by atoms with van der Waals surface area (Å²) in [6.07, 6.45) is 1.67. The number of amides is 2. The van der Waals surface area contributed by atoms with Crippen LogP contribution in [0.5, 0.6) is 0 Å². The second-order valence-corrected chi connectivity index (χ2v) is 7.54. The van der Waals surface area contributed by atoms with Gasteiger partial charge in [0.2, 0.25) is 6.10 Å². The van der Waals surface area contributed by atoms with E-state index in [2.05, 4.69) is 20.6 Å². The third kappa shape index (κ3) is 4.13. The topological polar surface area (TPSA) is 102 Å². The monoisotopic (exact) mass is 396 g/mol. The molecule has 0 radical (unpaired) electrons. The molecule has 1 atom stereocenters. The molecule has 0 aliphatic carbocycles. The highest BCUT2D eigenvalue weighted by molar-refractivity contribution is 5.94. The van der Waals surface area contributed by atoms with Crippen LogP contribution in [0.1, 0.15) is 42.1 Å². The number of hydrogen-bond acceptors (Lipinski definition) is 6. The zero-order valence-corrected chi connectivity index (χ0v) is 16.5. The number of nitrogens with zero attached hydrogens (tertiary/aromatic N) is 5. The fraction of sp³-hybridized carbons (Fsp3) is 0.450. The summed E-state index contributed by atoms with van der Waals surface area (Å²) in [6.45, 7) is 5.88. The first-order valence-electron chi connectivity index (χ1n) is 9.77. The highest BCUT2D eigenvalue weighted by atomic mass is 16.6. The van der Waals surface area contributed by atoms with Gasteiger partial charge in [0, 0.05) is 19.2 Å². The molecule has 0 saturated heterocycles. The normalized spacial score (nSPS) is 18.2. The Morgan fingerprint density at radius 2 is 2.17 bits per heavy atom. The predicted molar refractivity (Wildman–Crippen MR) is 105 cm³/mol. The van der Waals surface area contributed by atoms with Gasteiger partial charge in [-0.15, -0.1) is 0 Å². The van der Waals surface area contributed by atoms with Crippen molar-refractivity contribution in [2.45, 2.75) is 46.0 Å². The van der Waals surface area contributed by atoms with Gasteiger partial charge in [-0.05, 0) is 24.1 Å². The zero-order chi connectivity index (χ0) is 20.4. The molecule has 0 aromatic carbocycles. The first kappa shape index (κ1) is 19.1. The van der Waals surface area contributed by atoms with Crippen LogP contribution in [0.3, 0.4) is 0 Å². The summed E-state index contributed by atoms with van der Waals surface area (Å²) >= 11 is 0. The highest BCUT2D eigenvalue weighted by Gasteiger charge is 2.34. The minimum absolute atomic E-state index is 0.0713. The molecular weight excluding hydrogens is 372 g/mol. The molecule has 2 aliphatic rings. The molecular formula is C20H24N6O3. The van der Waals surface area contributed by atoms with Gasteiger partial charge in [0.1, 0.15) is 0 Å². The van der Waals surface area contributed by atoms with E-state index in [1.165, 1.54) is 0 Å². The third-order valence-corrected chi connectivity index (χ3v) is 5.13. The van der Waals surface area contributed by atoms with Crippen LogP contribution >= 0.6 is 0 Å². The smallest absolute Gasteiger partial charge is 0.272 e. The van der Waals surface area contributed by atoms with Gasteiger partial charge < -0.3 is 15.1 Å². The van der Waals surface area contributed by atoms with Crippen molar-refractivity contribution in [1.82, 2.24) is 25.0 Å². The number of nitrogens with one attached hydrogen (secondary N) is 1. The van der Waals surface area contributed by atoms with E-state index in [0.29, 0.717) is 38.3 Å². The lowest BCUT2D eigenvalue weighted by molar-refractivity contribution is -0.143. The molecule has 0 spiro atoms. The van der Waals surface area contributed by atoms with Gasteiger partial charge >= 0.3 is 0 Å². The van der Waals surface area contributed by atoms with E-state index in [1.807, 2.05) is 32.0 Å². The first-order chi connectivity index (χ1) is 14.0. The second kappa shape index (κ2) is 8.02. The van der Waals surface area contributed by atoms with Gasteiger partial charge in [-0.2, -0.15) is 5.10 Å². The predicted octanol–water partition coefficient (Wildman–Crippen LogP) is 1.35. The fourth-order valence-electron chi connectivity index (χ4n) is 3.40. The largest absolute Gasteiger partial charge is 0.382 e. The summed E-state index contributed by atoms with van der Waals surface area (Å²) in [7, 11) is 0. The number of oxime groups is 1. The number of carbonyl (C=O) groups is 2. The Morgan fingerprint density at radius 3 is 2.90 bits per heavy atom. The lowest BCUT2D eigenvalue weighted by atomic mass is 10.0. The molecule has 0 bridgehead atoms. The number of aromatic nitrogens is 3. The van der Waals surface area contributed by atoms with Crippen molar-refractivity contribution in [3.05, 3.63) is 47.5 Å². The first-order valence-corrected chi connectivity index (χ1v) is 9.77. The van der Waals surface area contributed by atoms with Crippen LogP contribution < -0.4 is 5.32 Å². The summed E-state index contributed by atoms with van der Waals surface area (Å²) in [5.74, 6) is -0.0646. The number of fused-ring (bicyclic) bond motifs is 1. The van der Waals surface area contributed by atoms with Crippen LogP contribution in [0, 0.1) is 5.92 Å². The van der Waals surface area contributed by atoms with E-state index in [4.69, 9.17) is 4.84 Å². The summed E-state index contributed by atoms with van der Waals surface area (Å²) in [6, 6.07) is 7.28. The van der Waals surface area contributed by atoms with Crippen LogP contribution in [0.25, 0.3) is 0 Å². The molecule has 9 heteroatoms. The molecule has 2 aromatic heterocycles. The van der Waals surface area contributed by atoms with Crippen LogP contribution in [0.2, 0.25) is 0 Å². The summed E-state index contributed by atoms with van der Waals surface area (Å²) in [5.41, 5.74) is 2.86. The van der Waals surface area contributed by atoms with Gasteiger partial charge in [0.25, 0.3) is 11.8 Å². The van der Waals surface area contributed by atoms with Crippen molar-refractivity contribution in [2.75, 3.05) is 6.54 Å². The van der Waals surface area contributed by atoms with Crippen molar-refractivity contribution in [3.8, 4) is 0 Å². The van der Waals surface area contributed by atoms with Crippen molar-refractivity contribution in [2.24, 2.45) is 11.1 Å². The molecule has 2 amide bonds. The Kier molecular flexibility index (Phi) is 5.28. The van der Waals surface area contributed by atoms with E-state index in [0.717, 1.165) is 17.1 Å². The highest BCUT2D eigenvalue weighted by Crippen LogP contribution is 2.21. The molecule has 152 valence electrons. The standard InChI is InChI=1S/C20H24N6O3/c1-13(2)16-10-18(29-24-16)20(28)25-7-8-26-15(12-25)9-17(23-26)19(27)22-11-14-5-3-4-6-21-14/h3-6,9,13,18H,7-8,10-12H2,1-2H3,(H,22,27). The van der Waals surface area contributed by atoms with Crippen molar-refractivity contribution in [1.29, 1.82) is 0 Å². The van der Waals surface area contributed by atoms with Crippen molar-refractivity contribution in [3.63, 3.8) is 0 Å². The van der Waals surface area contributed by atoms with Gasteiger partial charge in [0.15, 0.2) is 5.69 Å². The SMILES string of the molecule is CC(C)C1=NOC(C(=O)N2CCn3nc(C(=O)NCc4ccccn4)cc3C2)C1. The Hall–Kier alpha value is -3.23. The van der Waals surface area contributed by atoms with Crippen molar-refractivity contribution >= 4 is 17.5 Å². The summed E-state index contributed by atoms with van der Waals surface area (Å²) < 4.78 is 1.78. The number of hydrogen-bond donors (Lipinski definition) is 1. The minimum Gasteiger partial charge on any atom is -0.382 e. The summed E-state index contributed by atoms with van der Waals surface area (Å²) in [4.78, 5) is 36.5. The maximum Gasteiger partial charge on any atom is 0.272 e. The third-order valence-electron chi connectivity index (χ3n) is 5.13. The average molecular weight is 396 g/mol. The Morgan fingerprint density at radius 1 is 1.31 bits per heavy atom. The quantitative estimate of drug-likeness (QED) is 0.822. The Bertz CT molecular complexity index is 937. The van der Waals surface area contributed by atoms with E-state index < -0.39 is 6.10 Å². The van der Waals surface area contributed by atoms with Crippen LogP contribution in [0.15, 0.2) is 35.6 Å². The molecule has 9 nitrogen and oxygen atoms in total. The Balaban J connectivity index is 1.36. The molecule has 1 unspecified atom stereocenters. The maximum atomic E-state index is 12.8. The van der Waals surface area contributed by atoms with Crippen LogP contribution in [-0.4, -0.2) is 49.8 Å². The second-order valence-electron chi connectivity index (χ2n) is 7.54. The zero-order valence-electron chi connectivity index (χ0n) is 16.5. The Labute approximate surface area is 168 Å². The molecule has 0 fully saturated rings. The molecule has 2 aromatic rings. The lowest BCUT2D eigenvalue weighted by Gasteiger charge is -2.29. The number of rotatable bonds is 5. The minimum atomic E-state index is -0.553. The molecule has 2 aliphatic heterocycles. The lowest BCUT2D eigenvalue weighted by Crippen LogP contribution is -2.43. The van der Waals surface area contributed by atoms with E-state index in [9.17, 15) is 9.59 Å². The molecule has 4 heterocycles. The van der Waals surface area contributed by atoms with Gasteiger partial charge in [-0.1, -0.05) is 25.1 Å². The number of pyridine rings is 1. The maximum absolute atomic E-state index is 12.8. The molecule has 29 heavy (non-hydrogen) atoms.